The Hall–Kier alpha value is -0.570. The van der Waals surface area contributed by atoms with Crippen molar-refractivity contribution in [2.24, 2.45) is 0 Å². The van der Waals surface area contributed by atoms with E-state index in [0.29, 0.717) is 12.5 Å². The summed E-state index contributed by atoms with van der Waals surface area (Å²) in [6, 6.07) is 0.307. The molecule has 0 spiro atoms. The van der Waals surface area contributed by atoms with Crippen molar-refractivity contribution < 1.29 is 9.90 Å². The van der Waals surface area contributed by atoms with Gasteiger partial charge >= 0.3 is 5.97 Å². The third-order valence-electron chi connectivity index (χ3n) is 3.18. The zero-order valence-electron chi connectivity index (χ0n) is 9.29. The van der Waals surface area contributed by atoms with Gasteiger partial charge in [-0.25, -0.2) is 0 Å². The van der Waals surface area contributed by atoms with Gasteiger partial charge in [-0.2, -0.15) is 0 Å². The summed E-state index contributed by atoms with van der Waals surface area (Å²) in [7, 11) is 1.88. The van der Waals surface area contributed by atoms with Crippen LogP contribution in [0.4, 0.5) is 0 Å². The van der Waals surface area contributed by atoms with Crippen LogP contribution in [-0.4, -0.2) is 34.6 Å². The molecule has 0 aliphatic carbocycles. The molecule has 1 N–H and O–H groups in total. The smallest absolute Gasteiger partial charge is 0.323 e. The van der Waals surface area contributed by atoms with Gasteiger partial charge in [-0.1, -0.05) is 13.8 Å². The van der Waals surface area contributed by atoms with E-state index < -0.39 is 11.5 Å². The highest BCUT2D eigenvalue weighted by Crippen LogP contribution is 2.21. The van der Waals surface area contributed by atoms with E-state index in [0.717, 1.165) is 6.42 Å². The number of rotatable bonds is 5. The third-order valence-corrected chi connectivity index (χ3v) is 3.18. The van der Waals surface area contributed by atoms with E-state index in [1.54, 1.807) is 6.92 Å². The van der Waals surface area contributed by atoms with E-state index in [9.17, 15) is 4.79 Å². The molecule has 0 rings (SSSR count). The van der Waals surface area contributed by atoms with Crippen LogP contribution >= 0.6 is 0 Å². The second kappa shape index (κ2) is 4.61. The van der Waals surface area contributed by atoms with Gasteiger partial charge in [-0.05, 0) is 33.7 Å². The topological polar surface area (TPSA) is 40.5 Å². The second-order valence-corrected chi connectivity index (χ2v) is 3.80. The summed E-state index contributed by atoms with van der Waals surface area (Å²) in [5.74, 6) is -0.738. The first-order valence-electron chi connectivity index (χ1n) is 4.86. The van der Waals surface area contributed by atoms with Crippen LogP contribution in [0.3, 0.4) is 0 Å². The Morgan fingerprint density at radius 3 is 2.23 bits per heavy atom. The fourth-order valence-electron chi connectivity index (χ4n) is 1.31. The molecule has 3 nitrogen and oxygen atoms in total. The molecular formula is C10H21NO2. The fraction of sp³-hybridized carbons (Fsp3) is 0.900. The van der Waals surface area contributed by atoms with Gasteiger partial charge in [0, 0.05) is 6.04 Å². The van der Waals surface area contributed by atoms with Gasteiger partial charge < -0.3 is 5.11 Å². The number of hydrogen-bond donors (Lipinski definition) is 1. The average molecular weight is 187 g/mol. The van der Waals surface area contributed by atoms with E-state index >= 15 is 0 Å². The highest BCUT2D eigenvalue weighted by Gasteiger charge is 2.37. The van der Waals surface area contributed by atoms with Crippen LogP contribution in [0.15, 0.2) is 0 Å². The van der Waals surface area contributed by atoms with Gasteiger partial charge in [-0.15, -0.1) is 0 Å². The summed E-state index contributed by atoms with van der Waals surface area (Å²) < 4.78 is 0. The quantitative estimate of drug-likeness (QED) is 0.715. The molecule has 3 heteroatoms. The van der Waals surface area contributed by atoms with E-state index in [4.69, 9.17) is 5.11 Å². The lowest BCUT2D eigenvalue weighted by molar-refractivity contribution is -0.151. The van der Waals surface area contributed by atoms with Crippen molar-refractivity contribution in [2.45, 2.75) is 52.1 Å². The first-order chi connectivity index (χ1) is 5.90. The Morgan fingerprint density at radius 2 is 2.00 bits per heavy atom. The summed E-state index contributed by atoms with van der Waals surface area (Å²) in [4.78, 5) is 13.0. The van der Waals surface area contributed by atoms with Gasteiger partial charge in [-0.3, -0.25) is 9.69 Å². The van der Waals surface area contributed by atoms with Crippen LogP contribution in [0.5, 0.6) is 0 Å². The molecule has 0 heterocycles. The number of hydrogen-bond acceptors (Lipinski definition) is 2. The molecular weight excluding hydrogens is 166 g/mol. The van der Waals surface area contributed by atoms with Gasteiger partial charge in [0.2, 0.25) is 0 Å². The molecule has 2 unspecified atom stereocenters. The van der Waals surface area contributed by atoms with Gasteiger partial charge in [0.05, 0.1) is 0 Å². The van der Waals surface area contributed by atoms with Crippen molar-refractivity contribution >= 4 is 5.97 Å². The standard InChI is InChI=1S/C10H21NO2/c1-6-8(3)11(5)10(4,7-2)9(12)13/h8H,6-7H2,1-5H3,(H,12,13). The minimum atomic E-state index is -0.738. The Kier molecular flexibility index (Phi) is 4.40. The number of carboxylic acid groups (broad SMARTS) is 1. The van der Waals surface area contributed by atoms with Gasteiger partial charge in [0.1, 0.15) is 5.54 Å². The average Bonchev–Trinajstić information content (AvgIpc) is 2.13. The van der Waals surface area contributed by atoms with E-state index in [1.165, 1.54) is 0 Å². The monoisotopic (exact) mass is 187 g/mol. The molecule has 0 aliphatic rings. The van der Waals surface area contributed by atoms with Crippen LogP contribution < -0.4 is 0 Å². The minimum Gasteiger partial charge on any atom is -0.480 e. The Balaban J connectivity index is 4.65. The van der Waals surface area contributed by atoms with Crippen molar-refractivity contribution in [3.8, 4) is 0 Å². The highest BCUT2D eigenvalue weighted by atomic mass is 16.4. The predicted octanol–water partition coefficient (Wildman–Crippen LogP) is 1.97. The normalized spacial score (nSPS) is 18.3. The third kappa shape index (κ3) is 2.44. The maximum Gasteiger partial charge on any atom is 0.323 e. The number of aliphatic carboxylic acids is 1. The van der Waals surface area contributed by atoms with Crippen LogP contribution in [0.2, 0.25) is 0 Å². The first kappa shape index (κ1) is 12.4. The SMILES string of the molecule is CCC(C)N(C)C(C)(CC)C(=O)O. The van der Waals surface area contributed by atoms with Crippen molar-refractivity contribution in [1.29, 1.82) is 0 Å². The molecule has 2 atom stereocenters. The molecule has 0 saturated carbocycles. The summed E-state index contributed by atoms with van der Waals surface area (Å²) in [6.45, 7) is 7.81. The summed E-state index contributed by atoms with van der Waals surface area (Å²) >= 11 is 0. The summed E-state index contributed by atoms with van der Waals surface area (Å²) in [5.41, 5.74) is -0.727. The molecule has 0 bridgehead atoms. The molecule has 0 aromatic carbocycles. The van der Waals surface area contributed by atoms with Crippen LogP contribution in [0.25, 0.3) is 0 Å². The van der Waals surface area contributed by atoms with Crippen LogP contribution in [-0.2, 0) is 4.79 Å². The Bertz CT molecular complexity index is 182. The molecule has 0 radical (unpaired) electrons. The zero-order chi connectivity index (χ0) is 10.6. The van der Waals surface area contributed by atoms with Crippen molar-refractivity contribution in [2.75, 3.05) is 7.05 Å². The zero-order valence-corrected chi connectivity index (χ0v) is 9.29. The first-order valence-corrected chi connectivity index (χ1v) is 4.86. The summed E-state index contributed by atoms with van der Waals surface area (Å²) in [6.07, 6.45) is 1.60. The number of likely N-dealkylation sites (N-methyl/N-ethyl adjacent to an activating group) is 1. The lowest BCUT2D eigenvalue weighted by Gasteiger charge is -2.38. The van der Waals surface area contributed by atoms with Gasteiger partial charge in [0.15, 0.2) is 0 Å². The number of carbonyl (C=O) groups is 1. The van der Waals surface area contributed by atoms with E-state index in [-0.39, 0.29) is 0 Å². The van der Waals surface area contributed by atoms with Gasteiger partial charge in [0.25, 0.3) is 0 Å². The summed E-state index contributed by atoms with van der Waals surface area (Å²) in [5, 5.41) is 9.11. The Labute approximate surface area is 80.7 Å². The molecule has 78 valence electrons. The number of carboxylic acids is 1. The van der Waals surface area contributed by atoms with Crippen LogP contribution in [0.1, 0.15) is 40.5 Å². The largest absolute Gasteiger partial charge is 0.480 e. The predicted molar refractivity (Wildman–Crippen MR) is 53.8 cm³/mol. The molecule has 0 saturated heterocycles. The maximum absolute atomic E-state index is 11.1. The second-order valence-electron chi connectivity index (χ2n) is 3.80. The lowest BCUT2D eigenvalue weighted by Crippen LogP contribution is -2.53. The highest BCUT2D eigenvalue weighted by molar-refractivity contribution is 5.78. The molecule has 0 amide bonds. The van der Waals surface area contributed by atoms with Crippen molar-refractivity contribution in [3.05, 3.63) is 0 Å². The molecule has 0 aliphatic heterocycles. The van der Waals surface area contributed by atoms with Crippen molar-refractivity contribution in [1.82, 2.24) is 4.90 Å². The lowest BCUT2D eigenvalue weighted by atomic mass is 9.95. The maximum atomic E-state index is 11.1. The fourth-order valence-corrected chi connectivity index (χ4v) is 1.31. The molecule has 0 aromatic rings. The molecule has 0 fully saturated rings. The van der Waals surface area contributed by atoms with E-state index in [1.807, 2.05) is 18.9 Å². The number of nitrogens with zero attached hydrogens (tertiary/aromatic N) is 1. The van der Waals surface area contributed by atoms with E-state index in [2.05, 4.69) is 13.8 Å². The molecule has 13 heavy (non-hydrogen) atoms. The Morgan fingerprint density at radius 1 is 1.54 bits per heavy atom. The van der Waals surface area contributed by atoms with Crippen molar-refractivity contribution in [3.63, 3.8) is 0 Å². The van der Waals surface area contributed by atoms with Crippen LogP contribution in [0, 0.1) is 0 Å². The minimum absolute atomic E-state index is 0.307. The molecule has 0 aromatic heterocycles.